The zero-order chi connectivity index (χ0) is 14.2. The molecule has 0 radical (unpaired) electrons. The molecule has 7 nitrogen and oxygen atoms in total. The van der Waals surface area contributed by atoms with E-state index < -0.39 is 11.7 Å². The van der Waals surface area contributed by atoms with Gasteiger partial charge in [0, 0.05) is 0 Å². The predicted molar refractivity (Wildman–Crippen MR) is 66.1 cm³/mol. The fourth-order valence-electron chi connectivity index (χ4n) is 1.95. The van der Waals surface area contributed by atoms with Gasteiger partial charge >= 0.3 is 12.2 Å². The fraction of sp³-hybridized carbons (Fsp3) is 0.833. The van der Waals surface area contributed by atoms with E-state index in [1.54, 1.807) is 4.90 Å². The van der Waals surface area contributed by atoms with Crippen LogP contribution in [0.5, 0.6) is 0 Å². The number of hydrogen-bond donors (Lipinski definition) is 1. The van der Waals surface area contributed by atoms with Crippen molar-refractivity contribution >= 4 is 12.2 Å². The van der Waals surface area contributed by atoms with Crippen LogP contribution >= 0.6 is 0 Å². The molecule has 2 aliphatic heterocycles. The van der Waals surface area contributed by atoms with Gasteiger partial charge in [-0.2, -0.15) is 0 Å². The first-order valence-electron chi connectivity index (χ1n) is 6.36. The number of carboxylic acid groups (broad SMARTS) is 1. The lowest BCUT2D eigenvalue weighted by Crippen LogP contribution is -2.61. The second-order valence-corrected chi connectivity index (χ2v) is 5.95. The largest absolute Gasteiger partial charge is 0.465 e. The van der Waals surface area contributed by atoms with Gasteiger partial charge in [0.25, 0.3) is 0 Å². The third-order valence-corrected chi connectivity index (χ3v) is 3.00. The summed E-state index contributed by atoms with van der Waals surface area (Å²) in [6, 6.07) is 0. The van der Waals surface area contributed by atoms with E-state index in [-0.39, 0.29) is 18.3 Å². The van der Waals surface area contributed by atoms with Gasteiger partial charge in [0.2, 0.25) is 0 Å². The molecule has 7 heteroatoms. The minimum Gasteiger partial charge on any atom is -0.465 e. The summed E-state index contributed by atoms with van der Waals surface area (Å²) >= 11 is 0. The zero-order valence-corrected chi connectivity index (χ0v) is 11.5. The van der Waals surface area contributed by atoms with Crippen LogP contribution in [0.15, 0.2) is 0 Å². The molecule has 0 bridgehead atoms. The van der Waals surface area contributed by atoms with Crippen molar-refractivity contribution in [3.63, 3.8) is 0 Å². The summed E-state index contributed by atoms with van der Waals surface area (Å²) in [5.41, 5.74) is -0.487. The Kier molecular flexibility index (Phi) is 3.58. The number of hydrogen-bond acceptors (Lipinski definition) is 4. The lowest BCUT2D eigenvalue weighted by atomic mass is 10.1. The molecule has 0 saturated carbocycles. The molecule has 2 fully saturated rings. The molecule has 2 heterocycles. The predicted octanol–water partition coefficient (Wildman–Crippen LogP) is 0.984. The highest BCUT2D eigenvalue weighted by atomic mass is 16.6. The number of likely N-dealkylation sites (tertiary alicyclic amines) is 2. The van der Waals surface area contributed by atoms with Crippen molar-refractivity contribution in [1.29, 1.82) is 0 Å². The third-order valence-electron chi connectivity index (χ3n) is 3.00. The smallest absolute Gasteiger partial charge is 0.410 e. The fourth-order valence-corrected chi connectivity index (χ4v) is 1.95. The molecule has 0 aromatic rings. The molecule has 1 N–H and O–H groups in total. The van der Waals surface area contributed by atoms with Crippen molar-refractivity contribution in [1.82, 2.24) is 9.80 Å². The number of amides is 2. The maximum Gasteiger partial charge on any atom is 0.410 e. The normalized spacial score (nSPS) is 20.8. The second kappa shape index (κ2) is 4.88. The van der Waals surface area contributed by atoms with Gasteiger partial charge in [0.15, 0.2) is 0 Å². The molecule has 19 heavy (non-hydrogen) atoms. The van der Waals surface area contributed by atoms with E-state index in [0.717, 1.165) is 0 Å². The zero-order valence-electron chi connectivity index (χ0n) is 11.5. The van der Waals surface area contributed by atoms with E-state index in [0.29, 0.717) is 26.2 Å². The van der Waals surface area contributed by atoms with Gasteiger partial charge in [-0.3, -0.25) is 0 Å². The Morgan fingerprint density at radius 3 is 1.95 bits per heavy atom. The van der Waals surface area contributed by atoms with Crippen molar-refractivity contribution < 1.29 is 24.2 Å². The van der Waals surface area contributed by atoms with Gasteiger partial charge in [-0.15, -0.1) is 0 Å². The number of carbonyl (C=O) groups excluding carboxylic acids is 1. The molecule has 2 saturated heterocycles. The van der Waals surface area contributed by atoms with Crippen LogP contribution in [0.2, 0.25) is 0 Å². The summed E-state index contributed by atoms with van der Waals surface area (Å²) in [4.78, 5) is 25.1. The Bertz CT molecular complexity index is 367. The van der Waals surface area contributed by atoms with Crippen LogP contribution in [-0.2, 0) is 9.47 Å². The quantitative estimate of drug-likeness (QED) is 0.810. The van der Waals surface area contributed by atoms with E-state index in [9.17, 15) is 9.59 Å². The highest BCUT2D eigenvalue weighted by Gasteiger charge is 2.39. The van der Waals surface area contributed by atoms with E-state index in [2.05, 4.69) is 0 Å². The topological polar surface area (TPSA) is 79.3 Å². The van der Waals surface area contributed by atoms with E-state index in [1.165, 1.54) is 4.90 Å². The lowest BCUT2D eigenvalue weighted by molar-refractivity contribution is -0.129. The van der Waals surface area contributed by atoms with E-state index >= 15 is 0 Å². The number of ether oxygens (including phenoxy) is 2. The van der Waals surface area contributed by atoms with Crippen LogP contribution in [0, 0.1) is 0 Å². The van der Waals surface area contributed by atoms with Crippen LogP contribution in [0.3, 0.4) is 0 Å². The van der Waals surface area contributed by atoms with Crippen molar-refractivity contribution in [2.45, 2.75) is 38.6 Å². The van der Waals surface area contributed by atoms with Gasteiger partial charge in [0.1, 0.15) is 5.60 Å². The molecule has 0 spiro atoms. The summed E-state index contributed by atoms with van der Waals surface area (Å²) in [6.07, 6.45) is -1.28. The van der Waals surface area contributed by atoms with Crippen LogP contribution in [-0.4, -0.2) is 71.1 Å². The van der Waals surface area contributed by atoms with Crippen LogP contribution in [0.4, 0.5) is 9.59 Å². The average Bonchev–Trinajstić information content (AvgIpc) is 2.07. The standard InChI is InChI=1S/C12H20N2O5/c1-12(2,3)19-11(17)14-6-9(7-14)18-8-4-13(5-8)10(15)16/h8-9H,4-7H2,1-3H3,(H,15,16). The molecule has 2 aliphatic rings. The van der Waals surface area contributed by atoms with Crippen LogP contribution in [0.25, 0.3) is 0 Å². The molecule has 0 aliphatic carbocycles. The summed E-state index contributed by atoms with van der Waals surface area (Å²) in [6.45, 7) is 7.34. The van der Waals surface area contributed by atoms with Crippen molar-refractivity contribution in [2.75, 3.05) is 26.2 Å². The first-order valence-corrected chi connectivity index (χ1v) is 6.36. The number of nitrogens with zero attached hydrogens (tertiary/aromatic N) is 2. The summed E-state index contributed by atoms with van der Waals surface area (Å²) < 4.78 is 10.9. The maximum atomic E-state index is 11.7. The lowest BCUT2D eigenvalue weighted by Gasteiger charge is -2.44. The Morgan fingerprint density at radius 2 is 1.53 bits per heavy atom. The second-order valence-electron chi connectivity index (χ2n) is 5.95. The third kappa shape index (κ3) is 3.50. The van der Waals surface area contributed by atoms with Crippen molar-refractivity contribution in [3.8, 4) is 0 Å². The maximum absolute atomic E-state index is 11.7. The van der Waals surface area contributed by atoms with E-state index in [1.807, 2.05) is 20.8 Å². The average molecular weight is 272 g/mol. The number of carbonyl (C=O) groups is 2. The molecule has 0 unspecified atom stereocenters. The van der Waals surface area contributed by atoms with Gasteiger partial charge in [-0.05, 0) is 20.8 Å². The summed E-state index contributed by atoms with van der Waals surface area (Å²) in [7, 11) is 0. The highest BCUT2D eigenvalue weighted by Crippen LogP contribution is 2.21. The van der Waals surface area contributed by atoms with Gasteiger partial charge in [-0.1, -0.05) is 0 Å². The molecular formula is C12H20N2O5. The van der Waals surface area contributed by atoms with Gasteiger partial charge < -0.3 is 24.4 Å². The van der Waals surface area contributed by atoms with Crippen molar-refractivity contribution in [3.05, 3.63) is 0 Å². The molecular weight excluding hydrogens is 252 g/mol. The first kappa shape index (κ1) is 13.9. The SMILES string of the molecule is CC(C)(C)OC(=O)N1CC(OC2CN(C(=O)O)C2)C1. The van der Waals surface area contributed by atoms with Crippen LogP contribution < -0.4 is 0 Å². The Labute approximate surface area is 112 Å². The Morgan fingerprint density at radius 1 is 1.05 bits per heavy atom. The van der Waals surface area contributed by atoms with E-state index in [4.69, 9.17) is 14.6 Å². The molecule has 0 aromatic carbocycles. The minimum atomic E-state index is -0.913. The monoisotopic (exact) mass is 272 g/mol. The summed E-state index contributed by atoms with van der Waals surface area (Å²) in [5.74, 6) is 0. The molecule has 108 valence electrons. The molecule has 2 rings (SSSR count). The molecule has 0 atom stereocenters. The summed E-state index contributed by atoms with van der Waals surface area (Å²) in [5, 5.41) is 8.68. The first-order chi connectivity index (χ1) is 8.74. The number of rotatable bonds is 2. The van der Waals surface area contributed by atoms with Crippen molar-refractivity contribution in [2.24, 2.45) is 0 Å². The van der Waals surface area contributed by atoms with Crippen LogP contribution in [0.1, 0.15) is 20.8 Å². The highest BCUT2D eigenvalue weighted by molar-refractivity contribution is 5.69. The molecule has 2 amide bonds. The Balaban J connectivity index is 1.62. The molecule has 0 aromatic heterocycles. The minimum absolute atomic E-state index is 0.00605. The van der Waals surface area contributed by atoms with Gasteiger partial charge in [-0.25, -0.2) is 9.59 Å². The van der Waals surface area contributed by atoms with Gasteiger partial charge in [0.05, 0.1) is 38.4 Å². The Hall–Kier alpha value is -1.50.